The second kappa shape index (κ2) is 10.4. The molecule has 0 aliphatic carbocycles. The molecule has 190 valence electrons. The zero-order chi connectivity index (χ0) is 26.0. The summed E-state index contributed by atoms with van der Waals surface area (Å²) in [6.45, 7) is 6.00. The lowest BCUT2D eigenvalue weighted by Gasteiger charge is -2.25. The van der Waals surface area contributed by atoms with Crippen LogP contribution in [0.5, 0.6) is 11.5 Å². The van der Waals surface area contributed by atoms with E-state index >= 15 is 0 Å². The Balaban J connectivity index is 1.94. The normalized spacial score (nSPS) is 15.4. The van der Waals surface area contributed by atoms with Crippen molar-refractivity contribution in [2.45, 2.75) is 26.8 Å². The molecular weight excluding hydrogens is 482 g/mol. The summed E-state index contributed by atoms with van der Waals surface area (Å²) >= 11 is 1.24. The number of thiazole rings is 1. The third-order valence-corrected chi connectivity index (χ3v) is 6.63. The molecule has 9 nitrogen and oxygen atoms in total. The van der Waals surface area contributed by atoms with Crippen molar-refractivity contribution < 1.29 is 23.4 Å². The molecular formula is C26H29N3O6S. The highest BCUT2D eigenvalue weighted by Gasteiger charge is 2.34. The van der Waals surface area contributed by atoms with Crippen molar-refractivity contribution in [3.63, 3.8) is 0 Å². The lowest BCUT2D eigenvalue weighted by Crippen LogP contribution is -2.39. The number of esters is 1. The Bertz CT molecular complexity index is 1490. The molecule has 0 spiro atoms. The molecule has 2 aromatic heterocycles. The van der Waals surface area contributed by atoms with E-state index in [2.05, 4.69) is 4.99 Å². The lowest BCUT2D eigenvalue weighted by molar-refractivity contribution is -0.139. The molecule has 1 aliphatic rings. The van der Waals surface area contributed by atoms with E-state index in [-0.39, 0.29) is 12.2 Å². The van der Waals surface area contributed by atoms with Crippen LogP contribution in [0.1, 0.15) is 38.1 Å². The van der Waals surface area contributed by atoms with Crippen LogP contribution in [-0.2, 0) is 9.53 Å². The van der Waals surface area contributed by atoms with E-state index in [4.69, 9.17) is 18.6 Å². The molecule has 0 N–H and O–H groups in total. The summed E-state index contributed by atoms with van der Waals surface area (Å²) in [4.78, 5) is 33.7. The smallest absolute Gasteiger partial charge is 0.338 e. The zero-order valence-electron chi connectivity index (χ0n) is 21.2. The Morgan fingerprint density at radius 1 is 1.19 bits per heavy atom. The molecule has 1 aliphatic heterocycles. The fraction of sp³-hybridized carbons (Fsp3) is 0.346. The molecule has 4 rings (SSSR count). The second-order valence-corrected chi connectivity index (χ2v) is 9.23. The third-order valence-electron chi connectivity index (χ3n) is 5.65. The maximum Gasteiger partial charge on any atom is 0.338 e. The van der Waals surface area contributed by atoms with Gasteiger partial charge in [-0.3, -0.25) is 9.36 Å². The monoisotopic (exact) mass is 511 g/mol. The topological polar surface area (TPSA) is 95.5 Å². The van der Waals surface area contributed by atoms with E-state index in [1.807, 2.05) is 38.1 Å². The second-order valence-electron chi connectivity index (χ2n) is 8.22. The van der Waals surface area contributed by atoms with E-state index in [9.17, 15) is 9.59 Å². The first-order valence-electron chi connectivity index (χ1n) is 11.6. The Labute approximate surface area is 212 Å². The van der Waals surface area contributed by atoms with Gasteiger partial charge in [-0.1, -0.05) is 17.4 Å². The molecule has 10 heteroatoms. The van der Waals surface area contributed by atoms with Gasteiger partial charge in [-0.15, -0.1) is 0 Å². The van der Waals surface area contributed by atoms with Gasteiger partial charge in [0.05, 0.1) is 42.2 Å². The Hall–Kier alpha value is -3.79. The van der Waals surface area contributed by atoms with E-state index in [1.165, 1.54) is 15.9 Å². The predicted octanol–water partition coefficient (Wildman–Crippen LogP) is 2.86. The number of methoxy groups -OCH3 is 1. The van der Waals surface area contributed by atoms with E-state index in [0.717, 1.165) is 0 Å². The largest absolute Gasteiger partial charge is 0.493 e. The highest BCUT2D eigenvalue weighted by Crippen LogP contribution is 2.36. The summed E-state index contributed by atoms with van der Waals surface area (Å²) in [5.41, 5.74) is 1.19. The van der Waals surface area contributed by atoms with E-state index in [1.54, 1.807) is 45.2 Å². The molecule has 3 aromatic rings. The maximum absolute atomic E-state index is 13.7. The van der Waals surface area contributed by atoms with Crippen molar-refractivity contribution in [2.24, 2.45) is 4.99 Å². The number of hydrogen-bond donors (Lipinski definition) is 0. The van der Waals surface area contributed by atoms with Gasteiger partial charge in [0.2, 0.25) is 0 Å². The average Bonchev–Trinajstić information content (AvgIpc) is 3.43. The number of carbonyl (C=O) groups is 1. The van der Waals surface area contributed by atoms with Gasteiger partial charge in [-0.2, -0.15) is 0 Å². The number of fused-ring (bicyclic) bond motifs is 1. The summed E-state index contributed by atoms with van der Waals surface area (Å²) in [5, 5.41) is 0. The highest BCUT2D eigenvalue weighted by atomic mass is 32.1. The number of ether oxygens (including phenoxy) is 3. The molecule has 0 saturated heterocycles. The van der Waals surface area contributed by atoms with Crippen molar-refractivity contribution in [2.75, 3.05) is 39.3 Å². The van der Waals surface area contributed by atoms with E-state index < -0.39 is 12.0 Å². The SMILES string of the molecule is CCOC(=O)C1=C(C)N=c2s/c(=C\c3ccc(N(C)C)o3)c(=O)n2[C@H]1c1ccc(OC)c(OCC)c1. The summed E-state index contributed by atoms with van der Waals surface area (Å²) in [6.07, 6.45) is 1.69. The molecule has 0 amide bonds. The minimum Gasteiger partial charge on any atom is -0.493 e. The van der Waals surface area contributed by atoms with Crippen LogP contribution in [0.15, 0.2) is 55.8 Å². The van der Waals surface area contributed by atoms with Gasteiger partial charge in [0.15, 0.2) is 22.2 Å². The molecule has 36 heavy (non-hydrogen) atoms. The molecule has 0 radical (unpaired) electrons. The summed E-state index contributed by atoms with van der Waals surface area (Å²) in [6, 6.07) is 8.26. The number of carbonyl (C=O) groups excluding carboxylic acids is 1. The van der Waals surface area contributed by atoms with Crippen molar-refractivity contribution >= 4 is 29.3 Å². The van der Waals surface area contributed by atoms with Gasteiger partial charge in [0.1, 0.15) is 5.76 Å². The van der Waals surface area contributed by atoms with Crippen molar-refractivity contribution in [3.05, 3.63) is 72.6 Å². The molecule has 3 heterocycles. The molecule has 0 saturated carbocycles. The molecule has 1 atom stereocenters. The first kappa shape index (κ1) is 25.3. The number of furan rings is 1. The molecule has 0 unspecified atom stereocenters. The van der Waals surface area contributed by atoms with Crippen LogP contribution in [0.4, 0.5) is 5.88 Å². The van der Waals surface area contributed by atoms with Crippen molar-refractivity contribution in [1.29, 1.82) is 0 Å². The average molecular weight is 512 g/mol. The summed E-state index contributed by atoms with van der Waals surface area (Å²) in [5.74, 6) is 1.78. The van der Waals surface area contributed by atoms with Crippen LogP contribution in [0.25, 0.3) is 6.08 Å². The fourth-order valence-corrected chi connectivity index (χ4v) is 5.05. The van der Waals surface area contributed by atoms with Crippen molar-refractivity contribution in [1.82, 2.24) is 4.57 Å². The Morgan fingerprint density at radius 2 is 1.97 bits per heavy atom. The molecule has 1 aromatic carbocycles. The van der Waals surface area contributed by atoms with Gasteiger partial charge in [-0.25, -0.2) is 9.79 Å². The number of benzene rings is 1. The van der Waals surface area contributed by atoms with Crippen LogP contribution in [0.2, 0.25) is 0 Å². The molecule has 0 bridgehead atoms. The minimum atomic E-state index is -0.749. The zero-order valence-corrected chi connectivity index (χ0v) is 22.0. The first-order valence-corrected chi connectivity index (χ1v) is 12.4. The number of anilines is 1. The molecule has 0 fully saturated rings. The maximum atomic E-state index is 13.7. The van der Waals surface area contributed by atoms with Crippen molar-refractivity contribution in [3.8, 4) is 11.5 Å². The van der Waals surface area contributed by atoms with Crippen LogP contribution in [0.3, 0.4) is 0 Å². The van der Waals surface area contributed by atoms with Gasteiger partial charge >= 0.3 is 5.97 Å². The van der Waals surface area contributed by atoms with Crippen LogP contribution in [-0.4, -0.2) is 45.0 Å². The van der Waals surface area contributed by atoms with E-state index in [0.29, 0.717) is 55.9 Å². The van der Waals surface area contributed by atoms with Crippen LogP contribution in [0, 0.1) is 0 Å². The van der Waals surface area contributed by atoms with Crippen LogP contribution < -0.4 is 29.3 Å². The third kappa shape index (κ3) is 4.68. The predicted molar refractivity (Wildman–Crippen MR) is 138 cm³/mol. The van der Waals surface area contributed by atoms with Crippen LogP contribution >= 0.6 is 11.3 Å². The Kier molecular flexibility index (Phi) is 7.35. The van der Waals surface area contributed by atoms with Gasteiger partial charge in [0.25, 0.3) is 5.56 Å². The lowest BCUT2D eigenvalue weighted by atomic mass is 9.95. The summed E-state index contributed by atoms with van der Waals surface area (Å²) in [7, 11) is 5.31. The van der Waals surface area contributed by atoms with Gasteiger partial charge in [0, 0.05) is 26.2 Å². The highest BCUT2D eigenvalue weighted by molar-refractivity contribution is 7.07. The number of rotatable bonds is 8. The number of allylic oxidation sites excluding steroid dienone is 1. The van der Waals surface area contributed by atoms with Gasteiger partial charge < -0.3 is 23.5 Å². The Morgan fingerprint density at radius 3 is 2.61 bits per heavy atom. The van der Waals surface area contributed by atoms with Gasteiger partial charge in [-0.05, 0) is 44.5 Å². The quantitative estimate of drug-likeness (QED) is 0.429. The number of aromatic nitrogens is 1. The number of hydrogen-bond acceptors (Lipinski definition) is 9. The first-order chi connectivity index (χ1) is 17.3. The summed E-state index contributed by atoms with van der Waals surface area (Å²) < 4.78 is 24.3. The fourth-order valence-electron chi connectivity index (χ4n) is 4.03. The minimum absolute atomic E-state index is 0.201. The standard InChI is InChI=1S/C26H29N3O6S/c1-7-33-19-13-16(9-11-18(19)32-6)23-22(25(31)34-8-2)15(3)27-26-29(23)24(30)20(36-26)14-17-10-12-21(35-17)28(4)5/h9-14,23H,7-8H2,1-6H3/b20-14-/t23-/m0/s1. The number of nitrogens with zero attached hydrogens (tertiary/aromatic N) is 3.